The van der Waals surface area contributed by atoms with Crippen LogP contribution >= 0.6 is 0 Å². The molecule has 0 radical (unpaired) electrons. The first-order valence-corrected chi connectivity index (χ1v) is 6.58. The van der Waals surface area contributed by atoms with E-state index in [-0.39, 0.29) is 5.82 Å². The normalized spacial score (nSPS) is 11.1. The second-order valence-corrected chi connectivity index (χ2v) is 4.71. The van der Waals surface area contributed by atoms with Crippen LogP contribution in [0, 0.1) is 5.82 Å². The van der Waals surface area contributed by atoms with Crippen molar-refractivity contribution in [2.45, 2.75) is 19.4 Å². The van der Waals surface area contributed by atoms with Gasteiger partial charge in [0.25, 0.3) is 0 Å². The Bertz CT molecular complexity index is 736. The van der Waals surface area contributed by atoms with Crippen molar-refractivity contribution < 1.29 is 8.81 Å². The highest BCUT2D eigenvalue weighted by Crippen LogP contribution is 2.19. The summed E-state index contributed by atoms with van der Waals surface area (Å²) >= 11 is 0. The molecular weight excluding hydrogens is 255 g/mol. The zero-order valence-corrected chi connectivity index (χ0v) is 11.0. The molecule has 20 heavy (non-hydrogen) atoms. The molecule has 102 valence electrons. The second-order valence-electron chi connectivity index (χ2n) is 4.71. The lowest BCUT2D eigenvalue weighted by molar-refractivity contribution is 0.523. The molecule has 1 heterocycles. The maximum absolute atomic E-state index is 13.5. The quantitative estimate of drug-likeness (QED) is 0.792. The van der Waals surface area contributed by atoms with Gasteiger partial charge in [-0.1, -0.05) is 24.3 Å². The second kappa shape index (κ2) is 5.43. The van der Waals surface area contributed by atoms with Gasteiger partial charge in [-0.15, -0.1) is 0 Å². The van der Waals surface area contributed by atoms with Gasteiger partial charge < -0.3 is 10.2 Å². The Balaban J connectivity index is 1.79. The van der Waals surface area contributed by atoms with Crippen molar-refractivity contribution >= 4 is 11.1 Å². The smallest absolute Gasteiger partial charge is 0.195 e. The fourth-order valence-corrected chi connectivity index (χ4v) is 2.20. The zero-order valence-electron chi connectivity index (χ0n) is 11.0. The molecule has 0 fully saturated rings. The molecule has 0 amide bonds. The summed E-state index contributed by atoms with van der Waals surface area (Å²) < 4.78 is 19.2. The van der Waals surface area contributed by atoms with E-state index in [4.69, 9.17) is 10.2 Å². The zero-order chi connectivity index (χ0) is 13.9. The topological polar surface area (TPSA) is 52.0 Å². The third-order valence-corrected chi connectivity index (χ3v) is 3.30. The number of rotatable bonds is 4. The molecule has 3 nitrogen and oxygen atoms in total. The summed E-state index contributed by atoms with van der Waals surface area (Å²) in [5.41, 5.74) is 8.84. The van der Waals surface area contributed by atoms with Gasteiger partial charge in [-0.25, -0.2) is 9.37 Å². The maximum atomic E-state index is 13.5. The molecule has 1 aromatic heterocycles. The van der Waals surface area contributed by atoms with Crippen LogP contribution in [-0.4, -0.2) is 4.98 Å². The largest absolute Gasteiger partial charge is 0.441 e. The van der Waals surface area contributed by atoms with Gasteiger partial charge >= 0.3 is 0 Å². The van der Waals surface area contributed by atoms with Crippen molar-refractivity contribution in [3.05, 3.63) is 65.3 Å². The Morgan fingerprint density at radius 3 is 2.75 bits per heavy atom. The number of hydrogen-bond donors (Lipinski definition) is 1. The molecule has 0 aliphatic carbocycles. The summed E-state index contributed by atoms with van der Waals surface area (Å²) in [6, 6.07) is 12.5. The maximum Gasteiger partial charge on any atom is 0.195 e. The molecular formula is C16H15FN2O. The van der Waals surface area contributed by atoms with E-state index in [9.17, 15) is 4.39 Å². The lowest BCUT2D eigenvalue weighted by Gasteiger charge is -1.99. The Morgan fingerprint density at radius 2 is 1.95 bits per heavy atom. The van der Waals surface area contributed by atoms with Gasteiger partial charge in [-0.05, 0) is 35.7 Å². The number of fused-ring (bicyclic) bond motifs is 1. The molecule has 0 bridgehead atoms. The number of aromatic nitrogens is 1. The molecule has 3 aromatic rings. The van der Waals surface area contributed by atoms with Gasteiger partial charge in [0.15, 0.2) is 11.5 Å². The molecule has 2 aromatic carbocycles. The number of hydrogen-bond acceptors (Lipinski definition) is 3. The monoisotopic (exact) mass is 270 g/mol. The van der Waals surface area contributed by atoms with E-state index in [1.54, 1.807) is 12.1 Å². The van der Waals surface area contributed by atoms with Crippen LogP contribution in [0.1, 0.15) is 17.0 Å². The van der Waals surface area contributed by atoms with E-state index >= 15 is 0 Å². The number of benzene rings is 2. The van der Waals surface area contributed by atoms with Crippen molar-refractivity contribution in [1.82, 2.24) is 4.98 Å². The van der Waals surface area contributed by atoms with Crippen LogP contribution in [0.5, 0.6) is 0 Å². The predicted molar refractivity (Wildman–Crippen MR) is 75.7 cm³/mol. The lowest BCUT2D eigenvalue weighted by atomic mass is 10.1. The van der Waals surface area contributed by atoms with Gasteiger partial charge in [0.1, 0.15) is 11.3 Å². The minimum Gasteiger partial charge on any atom is -0.441 e. The van der Waals surface area contributed by atoms with E-state index in [1.807, 2.05) is 24.3 Å². The SMILES string of the molecule is NCc1ccc2oc(CCc3ccccc3F)nc2c1. The summed E-state index contributed by atoms with van der Waals surface area (Å²) in [5.74, 6) is 0.437. The van der Waals surface area contributed by atoms with Gasteiger partial charge in [0, 0.05) is 13.0 Å². The summed E-state index contributed by atoms with van der Waals surface area (Å²) in [6.45, 7) is 0.480. The molecule has 4 heteroatoms. The van der Waals surface area contributed by atoms with E-state index in [1.165, 1.54) is 6.07 Å². The van der Waals surface area contributed by atoms with E-state index < -0.39 is 0 Å². The van der Waals surface area contributed by atoms with Crippen LogP contribution in [0.4, 0.5) is 4.39 Å². The molecule has 3 rings (SSSR count). The molecule has 0 saturated heterocycles. The third kappa shape index (κ3) is 2.56. The van der Waals surface area contributed by atoms with Crippen molar-refractivity contribution in [1.29, 1.82) is 0 Å². The molecule has 0 aliphatic rings. The Hall–Kier alpha value is -2.20. The van der Waals surface area contributed by atoms with Crippen molar-refractivity contribution in [3.63, 3.8) is 0 Å². The number of aryl methyl sites for hydroxylation is 2. The average Bonchev–Trinajstić information content (AvgIpc) is 2.88. The van der Waals surface area contributed by atoms with E-state index in [0.717, 1.165) is 16.7 Å². The summed E-state index contributed by atoms with van der Waals surface area (Å²) in [5, 5.41) is 0. The predicted octanol–water partition coefficient (Wildman–Crippen LogP) is 3.21. The molecule has 0 aliphatic heterocycles. The molecule has 0 saturated carbocycles. The first kappa shape index (κ1) is 12.8. The summed E-state index contributed by atoms with van der Waals surface area (Å²) in [6.07, 6.45) is 1.15. The fraction of sp³-hybridized carbons (Fsp3) is 0.188. The highest BCUT2D eigenvalue weighted by atomic mass is 19.1. The minimum absolute atomic E-state index is 0.186. The van der Waals surface area contributed by atoms with Gasteiger partial charge in [0.2, 0.25) is 0 Å². The third-order valence-electron chi connectivity index (χ3n) is 3.30. The summed E-state index contributed by atoms with van der Waals surface area (Å²) in [7, 11) is 0. The number of nitrogens with two attached hydrogens (primary N) is 1. The van der Waals surface area contributed by atoms with Crippen molar-refractivity contribution in [3.8, 4) is 0 Å². The van der Waals surface area contributed by atoms with Crippen LogP contribution in [-0.2, 0) is 19.4 Å². The highest BCUT2D eigenvalue weighted by Gasteiger charge is 2.08. The Morgan fingerprint density at radius 1 is 1.10 bits per heavy atom. The minimum atomic E-state index is -0.186. The van der Waals surface area contributed by atoms with Crippen LogP contribution in [0.2, 0.25) is 0 Å². The first-order valence-electron chi connectivity index (χ1n) is 6.58. The van der Waals surface area contributed by atoms with Crippen molar-refractivity contribution in [2.24, 2.45) is 5.73 Å². The standard InChI is InChI=1S/C16H15FN2O/c17-13-4-2-1-3-12(13)6-8-16-19-14-9-11(10-18)5-7-15(14)20-16/h1-5,7,9H,6,8,10,18H2. The molecule has 0 spiro atoms. The van der Waals surface area contributed by atoms with Crippen LogP contribution in [0.3, 0.4) is 0 Å². The van der Waals surface area contributed by atoms with Crippen LogP contribution in [0.25, 0.3) is 11.1 Å². The lowest BCUT2D eigenvalue weighted by Crippen LogP contribution is -1.95. The molecule has 0 atom stereocenters. The average molecular weight is 270 g/mol. The van der Waals surface area contributed by atoms with E-state index in [0.29, 0.717) is 30.8 Å². The number of nitrogens with zero attached hydrogens (tertiary/aromatic N) is 1. The highest BCUT2D eigenvalue weighted by molar-refractivity contribution is 5.73. The van der Waals surface area contributed by atoms with Gasteiger partial charge in [-0.2, -0.15) is 0 Å². The number of halogens is 1. The first-order chi connectivity index (χ1) is 9.76. The van der Waals surface area contributed by atoms with Crippen molar-refractivity contribution in [2.75, 3.05) is 0 Å². The van der Waals surface area contributed by atoms with Gasteiger partial charge in [-0.3, -0.25) is 0 Å². The Kier molecular flexibility index (Phi) is 3.48. The van der Waals surface area contributed by atoms with E-state index in [2.05, 4.69) is 4.98 Å². The van der Waals surface area contributed by atoms with Gasteiger partial charge in [0.05, 0.1) is 0 Å². The van der Waals surface area contributed by atoms with Crippen LogP contribution in [0.15, 0.2) is 46.9 Å². The fourth-order valence-electron chi connectivity index (χ4n) is 2.20. The molecule has 0 unspecified atom stereocenters. The summed E-state index contributed by atoms with van der Waals surface area (Å²) in [4.78, 5) is 4.42. The van der Waals surface area contributed by atoms with Crippen LogP contribution < -0.4 is 5.73 Å². The number of oxazole rings is 1. The Labute approximate surface area is 116 Å². The molecule has 2 N–H and O–H groups in total.